The second-order valence-electron chi connectivity index (χ2n) is 11.4. The summed E-state index contributed by atoms with van der Waals surface area (Å²) in [5, 5.41) is 2.79. The molecule has 174 valence electrons. The van der Waals surface area contributed by atoms with Gasteiger partial charge < -0.3 is 11.1 Å². The van der Waals surface area contributed by atoms with Gasteiger partial charge in [-0.15, -0.1) is 0 Å². The Balaban J connectivity index is 0.00000124. The number of urea groups is 1. The van der Waals surface area contributed by atoms with E-state index in [1.54, 1.807) is 0 Å². The van der Waals surface area contributed by atoms with Gasteiger partial charge in [-0.1, -0.05) is 53.9 Å². The number of hydrogen-bond acceptors (Lipinski definition) is 1. The lowest BCUT2D eigenvalue weighted by atomic mass is 9.42. The Morgan fingerprint density at radius 3 is 2.40 bits per heavy atom. The normalized spacial score (nSPS) is 44.7. The Morgan fingerprint density at radius 1 is 0.967 bits per heavy atom. The van der Waals surface area contributed by atoms with Gasteiger partial charge in [0.1, 0.15) is 0 Å². The van der Waals surface area contributed by atoms with Crippen LogP contribution in [-0.2, 0) is 0 Å². The SMILES string of the molecule is CC.CC[C@H]1CC2C3CC[C@H](CCCNC(N)=O)C3(C)CC[C@@H]2C2(C)CCCCC12. The molecule has 0 spiro atoms. The number of nitrogens with one attached hydrogen (secondary N) is 1. The molecular weight excluding hydrogens is 368 g/mol. The average Bonchev–Trinajstić information content (AvgIpc) is 3.08. The molecule has 4 saturated carbocycles. The zero-order valence-corrected chi connectivity index (χ0v) is 20.6. The molecule has 0 aromatic rings. The molecule has 3 heteroatoms. The number of carbonyl (C=O) groups is 1. The first kappa shape index (κ1) is 23.9. The van der Waals surface area contributed by atoms with Gasteiger partial charge in [-0.2, -0.15) is 0 Å². The van der Waals surface area contributed by atoms with E-state index in [-0.39, 0.29) is 6.03 Å². The summed E-state index contributed by atoms with van der Waals surface area (Å²) in [7, 11) is 0. The van der Waals surface area contributed by atoms with Crippen LogP contribution in [0.25, 0.3) is 0 Å². The first-order chi connectivity index (χ1) is 14.4. The second-order valence-corrected chi connectivity index (χ2v) is 11.4. The molecule has 4 rings (SSSR count). The standard InChI is InChI=1S/C25H44N2O.C2H6/c1-4-17-16-19-21-11-10-18(8-7-15-27-23(26)28)24(21,2)14-12-22(19)25(3)13-6-5-9-20(17)25;1-2/h17-22H,4-16H2,1-3H3,(H3,26,27,28);1-2H3/t17-,18-,19?,20?,21?,22-,24?,25?;/m0./s1. The van der Waals surface area contributed by atoms with Crippen molar-refractivity contribution in [3.8, 4) is 0 Å². The molecule has 0 radical (unpaired) electrons. The van der Waals surface area contributed by atoms with E-state index in [4.69, 9.17) is 5.73 Å². The zero-order chi connectivity index (χ0) is 21.9. The molecular formula is C27H50N2O. The van der Waals surface area contributed by atoms with Gasteiger partial charge >= 0.3 is 6.03 Å². The molecule has 0 heterocycles. The van der Waals surface area contributed by atoms with Crippen LogP contribution in [0, 0.1) is 46.3 Å². The highest BCUT2D eigenvalue weighted by molar-refractivity contribution is 5.71. The maximum Gasteiger partial charge on any atom is 0.312 e. The Labute approximate surface area is 186 Å². The summed E-state index contributed by atoms with van der Waals surface area (Å²) in [5.74, 6) is 5.77. The van der Waals surface area contributed by atoms with Crippen molar-refractivity contribution in [2.75, 3.05) is 6.54 Å². The highest BCUT2D eigenvalue weighted by Crippen LogP contribution is 2.69. The fourth-order valence-electron chi connectivity index (χ4n) is 9.16. The third kappa shape index (κ3) is 4.16. The lowest BCUT2D eigenvalue weighted by Gasteiger charge is -2.62. The molecule has 3 nitrogen and oxygen atoms in total. The average molecular weight is 419 g/mol. The van der Waals surface area contributed by atoms with Crippen molar-refractivity contribution in [1.82, 2.24) is 5.32 Å². The highest BCUT2D eigenvalue weighted by Gasteiger charge is 2.60. The van der Waals surface area contributed by atoms with Crippen LogP contribution in [-0.4, -0.2) is 12.6 Å². The lowest BCUT2D eigenvalue weighted by molar-refractivity contribution is -0.135. The summed E-state index contributed by atoms with van der Waals surface area (Å²) in [6.45, 7) is 12.6. The summed E-state index contributed by atoms with van der Waals surface area (Å²) in [6, 6.07) is -0.376. The Kier molecular flexibility index (Phi) is 7.83. The summed E-state index contributed by atoms with van der Waals surface area (Å²) >= 11 is 0. The number of rotatable bonds is 5. The van der Waals surface area contributed by atoms with Crippen molar-refractivity contribution < 1.29 is 4.79 Å². The van der Waals surface area contributed by atoms with Gasteiger partial charge in [0.25, 0.3) is 0 Å². The maximum absolute atomic E-state index is 11.0. The van der Waals surface area contributed by atoms with Gasteiger partial charge in [-0.25, -0.2) is 4.79 Å². The summed E-state index contributed by atoms with van der Waals surface area (Å²) in [5.41, 5.74) is 6.41. The predicted octanol–water partition coefficient (Wildman–Crippen LogP) is 7.15. The van der Waals surface area contributed by atoms with E-state index in [9.17, 15) is 4.79 Å². The van der Waals surface area contributed by atoms with Crippen molar-refractivity contribution in [2.24, 2.45) is 52.1 Å². The van der Waals surface area contributed by atoms with Crippen molar-refractivity contribution in [3.05, 3.63) is 0 Å². The first-order valence-electron chi connectivity index (χ1n) is 13.4. The minimum Gasteiger partial charge on any atom is -0.352 e. The van der Waals surface area contributed by atoms with Crippen molar-refractivity contribution in [3.63, 3.8) is 0 Å². The molecule has 0 aromatic heterocycles. The molecule has 4 fully saturated rings. The van der Waals surface area contributed by atoms with Gasteiger partial charge in [0.05, 0.1) is 0 Å². The van der Waals surface area contributed by atoms with E-state index >= 15 is 0 Å². The first-order valence-corrected chi connectivity index (χ1v) is 13.4. The van der Waals surface area contributed by atoms with Crippen molar-refractivity contribution >= 4 is 6.03 Å². The Hall–Kier alpha value is -0.730. The summed E-state index contributed by atoms with van der Waals surface area (Å²) in [4.78, 5) is 11.0. The third-order valence-corrected chi connectivity index (χ3v) is 10.5. The van der Waals surface area contributed by atoms with Gasteiger partial charge in [0.15, 0.2) is 0 Å². The monoisotopic (exact) mass is 418 g/mol. The van der Waals surface area contributed by atoms with Gasteiger partial charge in [-0.3, -0.25) is 0 Å². The number of fused-ring (bicyclic) bond motifs is 5. The van der Waals surface area contributed by atoms with Crippen molar-refractivity contribution in [1.29, 1.82) is 0 Å². The van der Waals surface area contributed by atoms with E-state index in [2.05, 4.69) is 26.1 Å². The fraction of sp³-hybridized carbons (Fsp3) is 0.963. The van der Waals surface area contributed by atoms with Gasteiger partial charge in [0.2, 0.25) is 0 Å². The quantitative estimate of drug-likeness (QED) is 0.458. The zero-order valence-electron chi connectivity index (χ0n) is 20.6. The van der Waals surface area contributed by atoms with Crippen LogP contribution in [0.4, 0.5) is 4.79 Å². The number of hydrogen-bond donors (Lipinski definition) is 2. The van der Waals surface area contributed by atoms with Gasteiger partial charge in [0, 0.05) is 6.54 Å². The number of nitrogens with two attached hydrogens (primary N) is 1. The Bertz CT molecular complexity index is 577. The molecule has 0 bridgehead atoms. The number of amides is 2. The lowest BCUT2D eigenvalue weighted by Crippen LogP contribution is -2.55. The molecule has 4 aliphatic rings. The fourth-order valence-corrected chi connectivity index (χ4v) is 9.16. The molecule has 8 atom stereocenters. The van der Waals surface area contributed by atoms with Crippen LogP contribution in [0.5, 0.6) is 0 Å². The molecule has 4 aliphatic carbocycles. The third-order valence-electron chi connectivity index (χ3n) is 10.5. The van der Waals surface area contributed by atoms with Crippen LogP contribution in [0.2, 0.25) is 0 Å². The topological polar surface area (TPSA) is 55.1 Å². The van der Waals surface area contributed by atoms with Crippen molar-refractivity contribution in [2.45, 2.75) is 112 Å². The number of carbonyl (C=O) groups excluding carboxylic acids is 1. The molecule has 0 aliphatic heterocycles. The van der Waals surface area contributed by atoms with Crippen LogP contribution in [0.15, 0.2) is 0 Å². The Morgan fingerprint density at radius 2 is 1.70 bits per heavy atom. The van der Waals surface area contributed by atoms with E-state index in [1.807, 2.05) is 13.8 Å². The summed E-state index contributed by atoms with van der Waals surface area (Å²) in [6.07, 6.45) is 17.1. The van der Waals surface area contributed by atoms with E-state index in [0.29, 0.717) is 10.8 Å². The minimum absolute atomic E-state index is 0.376. The second kappa shape index (κ2) is 9.82. The van der Waals surface area contributed by atoms with Crippen LogP contribution in [0.1, 0.15) is 112 Å². The van der Waals surface area contributed by atoms with E-state index < -0.39 is 0 Å². The molecule has 5 unspecified atom stereocenters. The molecule has 3 N–H and O–H groups in total. The molecule has 0 saturated heterocycles. The minimum atomic E-state index is -0.376. The maximum atomic E-state index is 11.0. The number of primary amides is 1. The highest BCUT2D eigenvalue weighted by atomic mass is 16.2. The predicted molar refractivity (Wildman–Crippen MR) is 127 cm³/mol. The smallest absolute Gasteiger partial charge is 0.312 e. The van der Waals surface area contributed by atoms with Crippen LogP contribution < -0.4 is 11.1 Å². The van der Waals surface area contributed by atoms with E-state index in [0.717, 1.165) is 48.5 Å². The van der Waals surface area contributed by atoms with Gasteiger partial charge in [-0.05, 0) is 104 Å². The molecule has 30 heavy (non-hydrogen) atoms. The summed E-state index contributed by atoms with van der Waals surface area (Å²) < 4.78 is 0. The van der Waals surface area contributed by atoms with E-state index in [1.165, 1.54) is 70.6 Å². The van der Waals surface area contributed by atoms with Crippen LogP contribution >= 0.6 is 0 Å². The molecule has 2 amide bonds. The molecule has 0 aromatic carbocycles. The largest absolute Gasteiger partial charge is 0.352 e. The van der Waals surface area contributed by atoms with Crippen LogP contribution in [0.3, 0.4) is 0 Å².